The van der Waals surface area contributed by atoms with Gasteiger partial charge < -0.3 is 0 Å². The summed E-state index contributed by atoms with van der Waals surface area (Å²) in [5, 5.41) is 1.28. The summed E-state index contributed by atoms with van der Waals surface area (Å²) in [5.74, 6) is 0.463. The summed E-state index contributed by atoms with van der Waals surface area (Å²) >= 11 is 0. The third-order valence-electron chi connectivity index (χ3n) is 3.97. The molecule has 114 valence electrons. The lowest BCUT2D eigenvalue weighted by molar-refractivity contribution is -0.647. The summed E-state index contributed by atoms with van der Waals surface area (Å²) in [6.07, 6.45) is 8.94. The third kappa shape index (κ3) is 3.19. The number of aryl methyl sites for hydroxylation is 1. The van der Waals surface area contributed by atoms with E-state index in [0.29, 0.717) is 5.92 Å². The van der Waals surface area contributed by atoms with E-state index >= 15 is 0 Å². The highest BCUT2D eigenvalue weighted by atomic mass is 14.9. The molecule has 0 aliphatic heterocycles. The normalized spacial score (nSPS) is 17.2. The molecule has 1 aromatic carbocycles. The van der Waals surface area contributed by atoms with Crippen molar-refractivity contribution in [3.8, 4) is 0 Å². The highest BCUT2D eigenvalue weighted by molar-refractivity contribution is 5.81. The molecule has 1 heteroatoms. The van der Waals surface area contributed by atoms with Crippen LogP contribution in [0.2, 0.25) is 0 Å². The monoisotopic (exact) mass is 292 g/mol. The summed E-state index contributed by atoms with van der Waals surface area (Å²) in [4.78, 5) is 0. The Kier molecular flexibility index (Phi) is 5.32. The van der Waals surface area contributed by atoms with Crippen LogP contribution in [0.25, 0.3) is 16.5 Å². The summed E-state index contributed by atoms with van der Waals surface area (Å²) in [6.45, 7) is 8.41. The van der Waals surface area contributed by atoms with Gasteiger partial charge >= 0.3 is 0 Å². The van der Waals surface area contributed by atoms with Gasteiger partial charge in [0.1, 0.15) is 7.05 Å². The van der Waals surface area contributed by atoms with E-state index in [-0.39, 0.29) is 0 Å². The molecular weight excluding hydrogens is 266 g/mol. The van der Waals surface area contributed by atoms with Crippen molar-refractivity contribution < 1.29 is 4.57 Å². The molecule has 1 heterocycles. The van der Waals surface area contributed by atoms with E-state index in [1.165, 1.54) is 27.7 Å². The molecule has 0 fully saturated rings. The van der Waals surface area contributed by atoms with Crippen LogP contribution in [-0.2, 0) is 7.05 Å². The topological polar surface area (TPSA) is 3.88 Å². The molecule has 1 aromatic heterocycles. The number of benzene rings is 1. The lowest BCUT2D eigenvalue weighted by Gasteiger charge is -2.08. The molecule has 22 heavy (non-hydrogen) atoms. The van der Waals surface area contributed by atoms with Gasteiger partial charge in [-0.25, -0.2) is 0 Å². The van der Waals surface area contributed by atoms with Crippen LogP contribution < -0.4 is 4.57 Å². The molecule has 0 radical (unpaired) electrons. The molecule has 3 rings (SSSR count). The Balaban J connectivity index is 0.000000847. The molecule has 0 amide bonds. The fourth-order valence-corrected chi connectivity index (χ4v) is 2.82. The number of rotatable bonds is 1. The van der Waals surface area contributed by atoms with E-state index in [2.05, 4.69) is 86.2 Å². The number of nitrogens with zero attached hydrogens (tertiary/aromatic N) is 1. The second-order valence-electron chi connectivity index (χ2n) is 5.51. The Hall–Kier alpha value is -2.15. The zero-order valence-electron chi connectivity index (χ0n) is 14.3. The quantitative estimate of drug-likeness (QED) is 0.634. The molecule has 1 aliphatic carbocycles. The van der Waals surface area contributed by atoms with Gasteiger partial charge in [0.15, 0.2) is 0 Å². The molecule has 1 nitrogen and oxygen atoms in total. The fraction of sp³-hybridized carbons (Fsp3) is 0.286. The number of hydrogen-bond acceptors (Lipinski definition) is 0. The van der Waals surface area contributed by atoms with Crippen LogP contribution in [0.4, 0.5) is 0 Å². The second kappa shape index (κ2) is 7.22. The first-order valence-electron chi connectivity index (χ1n) is 8.12. The first-order chi connectivity index (χ1) is 10.7. The van der Waals surface area contributed by atoms with E-state index < -0.39 is 0 Å². The largest absolute Gasteiger partial charge is 0.212 e. The van der Waals surface area contributed by atoms with Gasteiger partial charge in [-0.1, -0.05) is 57.2 Å². The minimum absolute atomic E-state index is 0.463. The maximum Gasteiger partial charge on any atom is 0.212 e. The number of para-hydroxylation sites is 1. The van der Waals surface area contributed by atoms with Crippen LogP contribution in [0.1, 0.15) is 33.4 Å². The van der Waals surface area contributed by atoms with E-state index in [1.807, 2.05) is 13.8 Å². The molecule has 1 aliphatic rings. The third-order valence-corrected chi connectivity index (χ3v) is 3.97. The Labute approximate surface area is 134 Å². The predicted molar refractivity (Wildman–Crippen MR) is 96.5 cm³/mol. The molecule has 0 spiro atoms. The molecule has 1 atom stereocenters. The van der Waals surface area contributed by atoms with Crippen molar-refractivity contribution >= 4 is 16.5 Å². The predicted octanol–water partition coefficient (Wildman–Crippen LogP) is 5.23. The van der Waals surface area contributed by atoms with Crippen LogP contribution in [0, 0.1) is 5.92 Å². The molecule has 1 unspecified atom stereocenters. The van der Waals surface area contributed by atoms with Gasteiger partial charge in [-0.2, -0.15) is 4.57 Å². The van der Waals surface area contributed by atoms with E-state index in [4.69, 9.17) is 0 Å². The first-order valence-corrected chi connectivity index (χ1v) is 8.12. The van der Waals surface area contributed by atoms with Gasteiger partial charge in [-0.3, -0.25) is 0 Å². The van der Waals surface area contributed by atoms with E-state index in [0.717, 1.165) is 0 Å². The van der Waals surface area contributed by atoms with Crippen LogP contribution >= 0.6 is 0 Å². The van der Waals surface area contributed by atoms with Gasteiger partial charge in [-0.05, 0) is 30.5 Å². The molecule has 2 aromatic rings. The van der Waals surface area contributed by atoms with Crippen LogP contribution in [0.5, 0.6) is 0 Å². The average molecular weight is 292 g/mol. The fourth-order valence-electron chi connectivity index (χ4n) is 2.82. The maximum absolute atomic E-state index is 2.35. The van der Waals surface area contributed by atoms with Crippen LogP contribution in [0.3, 0.4) is 0 Å². The number of fused-ring (bicyclic) bond motifs is 1. The summed E-state index contributed by atoms with van der Waals surface area (Å²) < 4.78 is 2.29. The van der Waals surface area contributed by atoms with Crippen molar-refractivity contribution in [1.29, 1.82) is 0 Å². The molecule has 0 N–H and O–H groups in total. The maximum atomic E-state index is 2.35. The average Bonchev–Trinajstić information content (AvgIpc) is 2.71. The highest BCUT2D eigenvalue weighted by Crippen LogP contribution is 2.26. The summed E-state index contributed by atoms with van der Waals surface area (Å²) in [7, 11) is 2.15. The number of allylic oxidation sites excluding steroid dienone is 6. The van der Waals surface area contributed by atoms with Crippen molar-refractivity contribution in [3.05, 3.63) is 72.0 Å². The molecular formula is C21H26N+. The molecule has 0 bridgehead atoms. The van der Waals surface area contributed by atoms with Crippen molar-refractivity contribution in [2.45, 2.75) is 27.7 Å². The van der Waals surface area contributed by atoms with E-state index in [1.54, 1.807) is 0 Å². The first kappa shape index (κ1) is 16.2. The van der Waals surface area contributed by atoms with Crippen molar-refractivity contribution in [2.24, 2.45) is 13.0 Å². The molecule has 0 saturated carbocycles. The van der Waals surface area contributed by atoms with Crippen molar-refractivity contribution in [1.82, 2.24) is 0 Å². The van der Waals surface area contributed by atoms with Gasteiger partial charge in [0.2, 0.25) is 11.2 Å². The minimum atomic E-state index is 0.463. The van der Waals surface area contributed by atoms with E-state index in [9.17, 15) is 0 Å². The summed E-state index contributed by atoms with van der Waals surface area (Å²) in [5.41, 5.74) is 5.18. The van der Waals surface area contributed by atoms with Gasteiger partial charge in [0.25, 0.3) is 0 Å². The van der Waals surface area contributed by atoms with Crippen LogP contribution in [-0.4, -0.2) is 0 Å². The highest BCUT2D eigenvalue weighted by Gasteiger charge is 2.18. The Morgan fingerprint density at radius 2 is 1.73 bits per heavy atom. The number of hydrogen-bond donors (Lipinski definition) is 0. The van der Waals surface area contributed by atoms with Crippen molar-refractivity contribution in [3.63, 3.8) is 0 Å². The second-order valence-corrected chi connectivity index (χ2v) is 5.51. The lowest BCUT2D eigenvalue weighted by atomic mass is 9.99. The van der Waals surface area contributed by atoms with Gasteiger partial charge in [0.05, 0.1) is 0 Å². The number of aromatic nitrogens is 1. The van der Waals surface area contributed by atoms with Crippen molar-refractivity contribution in [2.75, 3.05) is 0 Å². The Morgan fingerprint density at radius 1 is 1.00 bits per heavy atom. The van der Waals surface area contributed by atoms with Crippen LogP contribution in [0.15, 0.2) is 66.3 Å². The zero-order chi connectivity index (χ0) is 16.1. The minimum Gasteiger partial charge on any atom is -0.194 e. The molecule has 0 saturated heterocycles. The smallest absolute Gasteiger partial charge is 0.194 e. The Morgan fingerprint density at radius 3 is 2.50 bits per heavy atom. The number of pyridine rings is 1. The SMILES string of the molecule is CC.CC1=CC=CC(C)C=C1c1ccc2ccccc2[n+]1C. The summed E-state index contributed by atoms with van der Waals surface area (Å²) in [6, 6.07) is 13.0. The van der Waals surface area contributed by atoms with Gasteiger partial charge in [0, 0.05) is 23.1 Å². The Bertz CT molecular complexity index is 748. The zero-order valence-corrected chi connectivity index (χ0v) is 14.3. The van der Waals surface area contributed by atoms with Gasteiger partial charge in [-0.15, -0.1) is 0 Å². The standard InChI is InChI=1S/C19H20N.C2H6/c1-14-7-6-8-15(2)17(13-14)19-12-11-16-9-4-5-10-18(16)20(19)3;1-2/h4-14H,1-3H3;1-2H3/q+1;. The lowest BCUT2D eigenvalue weighted by Crippen LogP contribution is -2.34.